The Morgan fingerprint density at radius 1 is 1.30 bits per heavy atom. The van der Waals surface area contributed by atoms with Gasteiger partial charge in [0.2, 0.25) is 0 Å². The van der Waals surface area contributed by atoms with E-state index in [0.717, 1.165) is 30.8 Å². The second-order valence-corrected chi connectivity index (χ2v) is 5.83. The zero-order valence-corrected chi connectivity index (χ0v) is 12.9. The molecule has 0 unspecified atom stereocenters. The molecule has 0 amide bonds. The molecule has 0 bridgehead atoms. The van der Waals surface area contributed by atoms with Crippen LogP contribution in [0.2, 0.25) is 5.02 Å². The highest BCUT2D eigenvalue weighted by molar-refractivity contribution is 6.32. The number of pyridine rings is 1. The lowest BCUT2D eigenvalue weighted by atomic mass is 9.99. The number of alkyl halides is 1. The molecule has 0 saturated carbocycles. The second kappa shape index (κ2) is 5.63. The fraction of sp³-hybridized carbons (Fsp3) is 0.312. The third-order valence-electron chi connectivity index (χ3n) is 3.69. The number of nitrogens with zero attached hydrogens (tertiary/aromatic N) is 2. The minimum Gasteiger partial charge on any atom is -0.326 e. The van der Waals surface area contributed by atoms with E-state index >= 15 is 0 Å². The van der Waals surface area contributed by atoms with Gasteiger partial charge in [-0.1, -0.05) is 29.3 Å². The minimum absolute atomic E-state index is 0.406. The lowest BCUT2D eigenvalue weighted by molar-refractivity contribution is 0.758. The van der Waals surface area contributed by atoms with Crippen molar-refractivity contribution in [2.45, 2.75) is 25.6 Å². The lowest BCUT2D eigenvalue weighted by Crippen LogP contribution is -2.25. The fourth-order valence-corrected chi connectivity index (χ4v) is 3.14. The number of hydrogen-bond donors (Lipinski definition) is 0. The van der Waals surface area contributed by atoms with Gasteiger partial charge in [0.15, 0.2) is 0 Å². The van der Waals surface area contributed by atoms with Gasteiger partial charge in [-0.15, -0.1) is 11.6 Å². The van der Waals surface area contributed by atoms with Crippen LogP contribution in [0.15, 0.2) is 30.5 Å². The molecule has 1 aromatic carbocycles. The van der Waals surface area contributed by atoms with Gasteiger partial charge < -0.3 is 4.90 Å². The van der Waals surface area contributed by atoms with E-state index in [4.69, 9.17) is 23.2 Å². The van der Waals surface area contributed by atoms with E-state index in [0.29, 0.717) is 10.9 Å². The van der Waals surface area contributed by atoms with Crippen molar-refractivity contribution in [2.75, 3.05) is 11.4 Å². The number of hydrogen-bond acceptors (Lipinski definition) is 2. The average molecular weight is 307 g/mol. The van der Waals surface area contributed by atoms with Gasteiger partial charge in [-0.05, 0) is 43.0 Å². The fourth-order valence-electron chi connectivity index (χ4n) is 2.68. The Balaban J connectivity index is 2.04. The van der Waals surface area contributed by atoms with Crippen LogP contribution in [0.25, 0.3) is 0 Å². The summed E-state index contributed by atoms with van der Waals surface area (Å²) in [5.74, 6) is 1.33. The predicted octanol–water partition coefficient (Wildman–Crippen LogP) is 4.87. The van der Waals surface area contributed by atoms with Gasteiger partial charge in [-0.25, -0.2) is 4.98 Å². The summed E-state index contributed by atoms with van der Waals surface area (Å²) in [6.45, 7) is 3.11. The van der Waals surface area contributed by atoms with Crippen molar-refractivity contribution in [1.29, 1.82) is 0 Å². The smallest absolute Gasteiger partial charge is 0.133 e. The van der Waals surface area contributed by atoms with Gasteiger partial charge in [0.1, 0.15) is 5.82 Å². The molecule has 0 radical (unpaired) electrons. The SMILES string of the molecule is Cc1ccc2c(c1)CCCN2c1cc(CCl)c(Cl)cn1. The summed E-state index contributed by atoms with van der Waals surface area (Å²) in [7, 11) is 0. The highest BCUT2D eigenvalue weighted by atomic mass is 35.5. The van der Waals surface area contributed by atoms with E-state index in [-0.39, 0.29) is 0 Å². The highest BCUT2D eigenvalue weighted by Gasteiger charge is 2.19. The summed E-state index contributed by atoms with van der Waals surface area (Å²) >= 11 is 12.0. The van der Waals surface area contributed by atoms with Crippen molar-refractivity contribution in [2.24, 2.45) is 0 Å². The summed E-state index contributed by atoms with van der Waals surface area (Å²) in [6.07, 6.45) is 3.96. The molecule has 2 aromatic rings. The Hall–Kier alpha value is -1.25. The summed E-state index contributed by atoms with van der Waals surface area (Å²) in [4.78, 5) is 6.72. The molecule has 1 aliphatic heterocycles. The van der Waals surface area contributed by atoms with Crippen LogP contribution in [-0.2, 0) is 12.3 Å². The normalized spacial score (nSPS) is 14.2. The van der Waals surface area contributed by atoms with Gasteiger partial charge >= 0.3 is 0 Å². The molecule has 0 saturated heterocycles. The van der Waals surface area contributed by atoms with Crippen LogP contribution < -0.4 is 4.90 Å². The van der Waals surface area contributed by atoms with Crippen LogP contribution in [-0.4, -0.2) is 11.5 Å². The summed E-state index contributed by atoms with van der Waals surface area (Å²) in [5.41, 5.74) is 4.87. The molecule has 20 heavy (non-hydrogen) atoms. The van der Waals surface area contributed by atoms with Gasteiger partial charge in [0, 0.05) is 24.3 Å². The highest BCUT2D eigenvalue weighted by Crippen LogP contribution is 2.34. The van der Waals surface area contributed by atoms with Crippen LogP contribution in [0.5, 0.6) is 0 Å². The maximum atomic E-state index is 6.09. The molecule has 0 spiro atoms. The maximum Gasteiger partial charge on any atom is 0.133 e. The number of aromatic nitrogens is 1. The molecule has 1 aromatic heterocycles. The first-order valence-corrected chi connectivity index (χ1v) is 7.68. The molecule has 104 valence electrons. The van der Waals surface area contributed by atoms with Crippen molar-refractivity contribution >= 4 is 34.7 Å². The Labute approximate surface area is 129 Å². The Kier molecular flexibility index (Phi) is 3.86. The molecule has 0 fully saturated rings. The van der Waals surface area contributed by atoms with Gasteiger partial charge in [-0.3, -0.25) is 0 Å². The van der Waals surface area contributed by atoms with E-state index in [2.05, 4.69) is 35.0 Å². The zero-order chi connectivity index (χ0) is 14.1. The summed E-state index contributed by atoms with van der Waals surface area (Å²) in [6, 6.07) is 8.58. The third-order valence-corrected chi connectivity index (χ3v) is 4.32. The molecule has 2 nitrogen and oxygen atoms in total. The molecular weight excluding hydrogens is 291 g/mol. The number of rotatable bonds is 2. The van der Waals surface area contributed by atoms with Crippen LogP contribution >= 0.6 is 23.2 Å². The van der Waals surface area contributed by atoms with Crippen LogP contribution in [0.4, 0.5) is 11.5 Å². The lowest BCUT2D eigenvalue weighted by Gasteiger charge is -2.31. The molecule has 4 heteroatoms. The Bertz CT molecular complexity index is 640. The number of fused-ring (bicyclic) bond motifs is 1. The van der Waals surface area contributed by atoms with Crippen LogP contribution in [0, 0.1) is 6.92 Å². The second-order valence-electron chi connectivity index (χ2n) is 5.15. The quantitative estimate of drug-likeness (QED) is 0.736. The summed E-state index contributed by atoms with van der Waals surface area (Å²) in [5, 5.41) is 0.630. The van der Waals surface area contributed by atoms with Crippen molar-refractivity contribution in [3.8, 4) is 0 Å². The standard InChI is InChI=1S/C16H16Cl2N2/c1-11-4-5-15-12(7-11)3-2-6-20(15)16-8-13(9-17)14(18)10-19-16/h4-5,7-8,10H,2-3,6,9H2,1H3. The van der Waals surface area contributed by atoms with E-state index in [1.165, 1.54) is 16.8 Å². The van der Waals surface area contributed by atoms with E-state index in [9.17, 15) is 0 Å². The van der Waals surface area contributed by atoms with Gasteiger partial charge in [0.25, 0.3) is 0 Å². The number of anilines is 2. The maximum absolute atomic E-state index is 6.09. The van der Waals surface area contributed by atoms with Crippen molar-refractivity contribution in [1.82, 2.24) is 4.98 Å². The average Bonchev–Trinajstić information content (AvgIpc) is 2.47. The van der Waals surface area contributed by atoms with E-state index < -0.39 is 0 Å². The number of halogens is 2. The molecule has 0 atom stereocenters. The van der Waals surface area contributed by atoms with Crippen molar-refractivity contribution in [3.63, 3.8) is 0 Å². The van der Waals surface area contributed by atoms with Crippen molar-refractivity contribution < 1.29 is 0 Å². The zero-order valence-electron chi connectivity index (χ0n) is 11.4. The first-order chi connectivity index (χ1) is 9.69. The topological polar surface area (TPSA) is 16.1 Å². The predicted molar refractivity (Wildman–Crippen MR) is 85.3 cm³/mol. The number of benzene rings is 1. The molecular formula is C16H16Cl2N2. The minimum atomic E-state index is 0.406. The van der Waals surface area contributed by atoms with Crippen molar-refractivity contribution in [3.05, 3.63) is 52.2 Å². The summed E-state index contributed by atoms with van der Waals surface area (Å²) < 4.78 is 0. The van der Waals surface area contributed by atoms with E-state index in [1.54, 1.807) is 6.20 Å². The molecule has 0 N–H and O–H groups in total. The first-order valence-electron chi connectivity index (χ1n) is 6.76. The molecule has 2 heterocycles. The van der Waals surface area contributed by atoms with E-state index in [1.807, 2.05) is 6.07 Å². The van der Waals surface area contributed by atoms with Gasteiger partial charge in [-0.2, -0.15) is 0 Å². The first kappa shape index (κ1) is 13.7. The Morgan fingerprint density at radius 2 is 2.15 bits per heavy atom. The monoisotopic (exact) mass is 306 g/mol. The van der Waals surface area contributed by atoms with Gasteiger partial charge in [0.05, 0.1) is 5.02 Å². The van der Waals surface area contributed by atoms with Crippen LogP contribution in [0.3, 0.4) is 0 Å². The number of aryl methyl sites for hydroxylation is 2. The molecule has 1 aliphatic rings. The molecule has 0 aliphatic carbocycles. The Morgan fingerprint density at radius 3 is 2.95 bits per heavy atom. The molecule has 3 rings (SSSR count). The van der Waals surface area contributed by atoms with Crippen LogP contribution in [0.1, 0.15) is 23.1 Å². The third kappa shape index (κ3) is 2.50. The largest absolute Gasteiger partial charge is 0.326 e.